The quantitative estimate of drug-likeness (QED) is 0.785. The number of primary amides is 1. The van der Waals surface area contributed by atoms with Gasteiger partial charge in [-0.05, 0) is 11.6 Å². The molecule has 1 aromatic heterocycles. The summed E-state index contributed by atoms with van der Waals surface area (Å²) in [6.45, 7) is 0.681. The third-order valence-corrected chi connectivity index (χ3v) is 3.25. The molecule has 1 heterocycles. The van der Waals surface area contributed by atoms with Gasteiger partial charge in [0.05, 0.1) is 24.2 Å². The van der Waals surface area contributed by atoms with Crippen LogP contribution in [0.3, 0.4) is 0 Å². The van der Waals surface area contributed by atoms with Crippen LogP contribution in [0, 0.1) is 0 Å². The lowest BCUT2D eigenvalue weighted by Crippen LogP contribution is -2.14. The highest BCUT2D eigenvalue weighted by atomic mass is 16.1. The zero-order valence-corrected chi connectivity index (χ0v) is 11.0. The Morgan fingerprint density at radius 2 is 1.75 bits per heavy atom. The number of carbonyl (C=O) groups excluding carboxylic acids is 1. The lowest BCUT2D eigenvalue weighted by Gasteiger charge is -2.03. The molecule has 0 aliphatic carbocycles. The van der Waals surface area contributed by atoms with Gasteiger partial charge >= 0.3 is 0 Å². The van der Waals surface area contributed by atoms with E-state index in [1.807, 2.05) is 47.1 Å². The Morgan fingerprint density at radius 3 is 2.50 bits per heavy atom. The smallest absolute Gasteiger partial charge is 0.223 e. The minimum atomic E-state index is -0.361. The Labute approximate surface area is 116 Å². The number of aromatic nitrogens is 2. The zero-order valence-electron chi connectivity index (χ0n) is 11.0. The molecular formula is C16H15N3O. The summed E-state index contributed by atoms with van der Waals surface area (Å²) < 4.78 is 1.92. The number of benzene rings is 2. The maximum atomic E-state index is 11.2. The first-order valence-electron chi connectivity index (χ1n) is 6.50. The molecule has 2 aromatic carbocycles. The van der Waals surface area contributed by atoms with Crippen LogP contribution in [-0.4, -0.2) is 15.7 Å². The molecule has 1 amide bonds. The van der Waals surface area contributed by atoms with Crippen LogP contribution in [0.25, 0.3) is 10.9 Å². The SMILES string of the molecule is NC(=O)Cc1nn(Cc2ccccc2)c2ccccc12. The van der Waals surface area contributed by atoms with Crippen LogP contribution in [0.15, 0.2) is 54.6 Å². The van der Waals surface area contributed by atoms with Crippen LogP contribution in [0.2, 0.25) is 0 Å². The number of fused-ring (bicyclic) bond motifs is 1. The second kappa shape index (κ2) is 5.17. The van der Waals surface area contributed by atoms with Crippen molar-refractivity contribution in [1.82, 2.24) is 9.78 Å². The summed E-state index contributed by atoms with van der Waals surface area (Å²) in [6, 6.07) is 18.0. The third-order valence-electron chi connectivity index (χ3n) is 3.25. The Balaban J connectivity index is 2.04. The van der Waals surface area contributed by atoms with Crippen molar-refractivity contribution in [2.45, 2.75) is 13.0 Å². The van der Waals surface area contributed by atoms with E-state index < -0.39 is 0 Å². The van der Waals surface area contributed by atoms with Crippen molar-refractivity contribution in [3.63, 3.8) is 0 Å². The lowest BCUT2D eigenvalue weighted by molar-refractivity contribution is -0.117. The maximum absolute atomic E-state index is 11.2. The number of para-hydroxylation sites is 1. The highest BCUT2D eigenvalue weighted by Gasteiger charge is 2.12. The maximum Gasteiger partial charge on any atom is 0.223 e. The molecule has 2 N–H and O–H groups in total. The molecule has 0 unspecified atom stereocenters. The van der Waals surface area contributed by atoms with Crippen LogP contribution in [0.5, 0.6) is 0 Å². The fourth-order valence-electron chi connectivity index (χ4n) is 2.37. The first-order chi connectivity index (χ1) is 9.74. The molecule has 20 heavy (non-hydrogen) atoms. The fourth-order valence-corrected chi connectivity index (χ4v) is 2.37. The van der Waals surface area contributed by atoms with Gasteiger partial charge in [0, 0.05) is 5.39 Å². The van der Waals surface area contributed by atoms with Crippen LogP contribution in [0.4, 0.5) is 0 Å². The first kappa shape index (κ1) is 12.4. The van der Waals surface area contributed by atoms with Crippen LogP contribution in [-0.2, 0) is 17.8 Å². The van der Waals surface area contributed by atoms with Gasteiger partial charge in [-0.1, -0.05) is 48.5 Å². The molecule has 0 saturated carbocycles. The summed E-state index contributed by atoms with van der Waals surface area (Å²) >= 11 is 0. The van der Waals surface area contributed by atoms with Crippen molar-refractivity contribution >= 4 is 16.8 Å². The van der Waals surface area contributed by atoms with E-state index in [1.165, 1.54) is 5.56 Å². The largest absolute Gasteiger partial charge is 0.369 e. The lowest BCUT2D eigenvalue weighted by atomic mass is 10.1. The highest BCUT2D eigenvalue weighted by Crippen LogP contribution is 2.19. The number of hydrogen-bond donors (Lipinski definition) is 1. The standard InChI is InChI=1S/C16H15N3O/c17-16(20)10-14-13-8-4-5-9-15(13)19(18-14)11-12-6-2-1-3-7-12/h1-9H,10-11H2,(H2,17,20). The molecule has 4 nitrogen and oxygen atoms in total. The number of rotatable bonds is 4. The molecule has 0 fully saturated rings. The zero-order chi connectivity index (χ0) is 13.9. The number of amides is 1. The van der Waals surface area contributed by atoms with Gasteiger partial charge < -0.3 is 5.73 Å². The van der Waals surface area contributed by atoms with Crippen LogP contribution >= 0.6 is 0 Å². The van der Waals surface area contributed by atoms with Crippen molar-refractivity contribution < 1.29 is 4.79 Å². The van der Waals surface area contributed by atoms with Gasteiger partial charge in [0.25, 0.3) is 0 Å². The first-order valence-corrected chi connectivity index (χ1v) is 6.50. The molecule has 3 aromatic rings. The van der Waals surface area contributed by atoms with E-state index in [0.717, 1.165) is 16.6 Å². The number of hydrogen-bond acceptors (Lipinski definition) is 2. The molecule has 0 spiro atoms. The molecule has 0 aliphatic heterocycles. The van der Waals surface area contributed by atoms with Gasteiger partial charge in [-0.3, -0.25) is 9.48 Å². The van der Waals surface area contributed by atoms with Crippen LogP contribution < -0.4 is 5.73 Å². The summed E-state index contributed by atoms with van der Waals surface area (Å²) in [5.41, 5.74) is 8.22. The van der Waals surface area contributed by atoms with Crippen LogP contribution in [0.1, 0.15) is 11.3 Å². The molecule has 4 heteroatoms. The van der Waals surface area contributed by atoms with Crippen molar-refractivity contribution in [1.29, 1.82) is 0 Å². The Morgan fingerprint density at radius 1 is 1.05 bits per heavy atom. The molecule has 0 radical (unpaired) electrons. The van der Waals surface area contributed by atoms with Gasteiger partial charge in [-0.2, -0.15) is 5.10 Å². The normalized spacial score (nSPS) is 10.8. The molecule has 0 aliphatic rings. The Hall–Kier alpha value is -2.62. The average Bonchev–Trinajstić information content (AvgIpc) is 2.78. The van der Waals surface area contributed by atoms with Crippen molar-refractivity contribution in [2.24, 2.45) is 5.73 Å². The van der Waals surface area contributed by atoms with Crippen molar-refractivity contribution in [2.75, 3.05) is 0 Å². The summed E-state index contributed by atoms with van der Waals surface area (Å²) in [6.07, 6.45) is 0.169. The summed E-state index contributed by atoms with van der Waals surface area (Å²) in [5, 5.41) is 5.53. The summed E-state index contributed by atoms with van der Waals surface area (Å²) in [4.78, 5) is 11.2. The second-order valence-corrected chi connectivity index (χ2v) is 4.75. The molecule has 0 saturated heterocycles. The number of nitrogens with two attached hydrogens (primary N) is 1. The second-order valence-electron chi connectivity index (χ2n) is 4.75. The van der Waals surface area contributed by atoms with E-state index >= 15 is 0 Å². The van der Waals surface area contributed by atoms with E-state index in [-0.39, 0.29) is 12.3 Å². The number of nitrogens with zero attached hydrogens (tertiary/aromatic N) is 2. The van der Waals surface area contributed by atoms with E-state index in [4.69, 9.17) is 5.73 Å². The number of carbonyl (C=O) groups is 1. The molecule has 0 bridgehead atoms. The van der Waals surface area contributed by atoms with Gasteiger partial charge in [0.15, 0.2) is 0 Å². The van der Waals surface area contributed by atoms with E-state index in [0.29, 0.717) is 6.54 Å². The summed E-state index contributed by atoms with van der Waals surface area (Å²) in [7, 11) is 0. The molecular weight excluding hydrogens is 250 g/mol. The van der Waals surface area contributed by atoms with E-state index in [9.17, 15) is 4.79 Å². The fraction of sp³-hybridized carbons (Fsp3) is 0.125. The van der Waals surface area contributed by atoms with Crippen molar-refractivity contribution in [3.8, 4) is 0 Å². The Kier molecular flexibility index (Phi) is 3.21. The third kappa shape index (κ3) is 2.40. The van der Waals surface area contributed by atoms with Gasteiger partial charge in [0.1, 0.15) is 0 Å². The summed E-state index contributed by atoms with van der Waals surface area (Å²) in [5.74, 6) is -0.361. The van der Waals surface area contributed by atoms with Gasteiger partial charge in [-0.25, -0.2) is 0 Å². The predicted octanol–water partition coefficient (Wildman–Crippen LogP) is 2.11. The molecule has 3 rings (SSSR count). The highest BCUT2D eigenvalue weighted by molar-refractivity contribution is 5.87. The van der Waals surface area contributed by atoms with E-state index in [2.05, 4.69) is 17.2 Å². The minimum Gasteiger partial charge on any atom is -0.369 e. The topological polar surface area (TPSA) is 60.9 Å². The monoisotopic (exact) mass is 265 g/mol. The van der Waals surface area contributed by atoms with E-state index in [1.54, 1.807) is 0 Å². The molecule has 100 valence electrons. The minimum absolute atomic E-state index is 0.169. The predicted molar refractivity (Wildman–Crippen MR) is 78.2 cm³/mol. The molecule has 0 atom stereocenters. The van der Waals surface area contributed by atoms with Crippen molar-refractivity contribution in [3.05, 3.63) is 65.9 Å². The van der Waals surface area contributed by atoms with Gasteiger partial charge in [0.2, 0.25) is 5.91 Å². The average molecular weight is 265 g/mol. The Bertz CT molecular complexity index is 747. The van der Waals surface area contributed by atoms with Gasteiger partial charge in [-0.15, -0.1) is 0 Å².